The molecule has 0 saturated carbocycles. The van der Waals surface area contributed by atoms with Gasteiger partial charge >= 0.3 is 7.59 Å². The number of hydrogen-bond donors (Lipinski definition) is 2. The summed E-state index contributed by atoms with van der Waals surface area (Å²) in [6.45, 7) is 5.96. The zero-order chi connectivity index (χ0) is 18.7. The molecule has 0 saturated heterocycles. The molecule has 3 N–H and O–H groups in total. The van der Waals surface area contributed by atoms with Crippen molar-refractivity contribution in [1.82, 2.24) is 0 Å². The highest BCUT2D eigenvalue weighted by molar-refractivity contribution is 7.65. The highest BCUT2D eigenvalue weighted by atomic mass is 31.2. The zero-order valence-electron chi connectivity index (χ0n) is 15.3. The summed E-state index contributed by atoms with van der Waals surface area (Å²) < 4.78 is 15.5. The number of hydrogen-bond acceptors (Lipinski definition) is 1. The zero-order valence-corrected chi connectivity index (χ0v) is 16.2. The molecular formula is C21H24N3OP. The van der Waals surface area contributed by atoms with E-state index in [1.54, 1.807) is 4.67 Å². The van der Waals surface area contributed by atoms with Gasteiger partial charge < -0.3 is 5.09 Å². The third-order valence-electron chi connectivity index (χ3n) is 4.41. The van der Waals surface area contributed by atoms with Gasteiger partial charge in [-0.05, 0) is 55.7 Å². The molecule has 0 amide bonds. The Hall–Kier alpha value is -2.55. The average molecular weight is 365 g/mol. The molecule has 0 heterocycles. The van der Waals surface area contributed by atoms with E-state index in [2.05, 4.69) is 5.09 Å². The third-order valence-corrected chi connectivity index (χ3v) is 6.00. The molecule has 134 valence electrons. The minimum atomic E-state index is -3.47. The van der Waals surface area contributed by atoms with E-state index in [-0.39, 0.29) is 0 Å². The molecule has 1 unspecified atom stereocenters. The molecule has 0 aliphatic rings. The summed E-state index contributed by atoms with van der Waals surface area (Å²) in [6, 6.07) is 23.4. The van der Waals surface area contributed by atoms with E-state index in [4.69, 9.17) is 5.50 Å². The molecule has 3 aromatic carbocycles. The third kappa shape index (κ3) is 3.67. The topological polar surface area (TPSA) is 58.4 Å². The van der Waals surface area contributed by atoms with Crippen LogP contribution in [0.2, 0.25) is 0 Å². The number of rotatable bonds is 5. The number of para-hydroxylation sites is 3. The molecular weight excluding hydrogens is 341 g/mol. The van der Waals surface area contributed by atoms with Crippen LogP contribution in [0, 0.1) is 20.8 Å². The molecule has 26 heavy (non-hydrogen) atoms. The van der Waals surface area contributed by atoms with E-state index in [0.717, 1.165) is 33.8 Å². The van der Waals surface area contributed by atoms with Gasteiger partial charge in [0.1, 0.15) is 0 Å². The van der Waals surface area contributed by atoms with Crippen molar-refractivity contribution in [2.75, 3.05) is 9.76 Å². The number of benzene rings is 3. The lowest BCUT2D eigenvalue weighted by molar-refractivity contribution is 0.579. The molecule has 1 atom stereocenters. The minimum absolute atomic E-state index is 0.769. The lowest BCUT2D eigenvalue weighted by Gasteiger charge is -2.33. The first kappa shape index (κ1) is 18.2. The number of nitrogens with one attached hydrogen (secondary N) is 1. The first-order valence-corrected chi connectivity index (χ1v) is 10.3. The number of aryl methyl sites for hydroxylation is 3. The highest BCUT2D eigenvalue weighted by Gasteiger charge is 2.30. The van der Waals surface area contributed by atoms with E-state index in [1.807, 2.05) is 93.6 Å². The van der Waals surface area contributed by atoms with Gasteiger partial charge in [-0.2, -0.15) is 0 Å². The summed E-state index contributed by atoms with van der Waals surface area (Å²) in [5.41, 5.74) is 11.9. The van der Waals surface area contributed by atoms with Crippen LogP contribution in [0.5, 0.6) is 0 Å². The lowest BCUT2D eigenvalue weighted by atomic mass is 10.1. The van der Waals surface area contributed by atoms with Crippen LogP contribution in [-0.4, -0.2) is 0 Å². The lowest BCUT2D eigenvalue weighted by Crippen LogP contribution is -2.25. The van der Waals surface area contributed by atoms with Crippen molar-refractivity contribution in [2.24, 2.45) is 5.50 Å². The van der Waals surface area contributed by atoms with E-state index in [9.17, 15) is 4.57 Å². The maximum Gasteiger partial charge on any atom is 0.332 e. The van der Waals surface area contributed by atoms with Gasteiger partial charge in [0.25, 0.3) is 0 Å². The Balaban J connectivity index is 2.14. The van der Waals surface area contributed by atoms with Crippen LogP contribution in [0.15, 0.2) is 72.8 Å². The Labute approximate surface area is 155 Å². The summed E-state index contributed by atoms with van der Waals surface area (Å²) in [6.07, 6.45) is 0. The Morgan fingerprint density at radius 3 is 1.62 bits per heavy atom. The summed E-state index contributed by atoms with van der Waals surface area (Å²) in [5.74, 6) is 0. The van der Waals surface area contributed by atoms with Crippen LogP contribution in [0.25, 0.3) is 0 Å². The van der Waals surface area contributed by atoms with Crippen molar-refractivity contribution in [1.29, 1.82) is 0 Å². The van der Waals surface area contributed by atoms with Crippen molar-refractivity contribution in [3.63, 3.8) is 0 Å². The van der Waals surface area contributed by atoms with Gasteiger partial charge in [0.05, 0.1) is 11.4 Å². The Bertz CT molecular complexity index is 925. The van der Waals surface area contributed by atoms with Crippen molar-refractivity contribution < 1.29 is 4.57 Å². The molecule has 0 spiro atoms. The van der Waals surface area contributed by atoms with Crippen molar-refractivity contribution in [3.05, 3.63) is 89.5 Å². The fourth-order valence-corrected chi connectivity index (χ4v) is 4.76. The molecule has 0 bridgehead atoms. The van der Waals surface area contributed by atoms with Crippen LogP contribution >= 0.6 is 7.59 Å². The predicted octanol–water partition coefficient (Wildman–Crippen LogP) is 5.93. The number of nitrogens with two attached hydrogens (primary N) is 1. The van der Waals surface area contributed by atoms with E-state index < -0.39 is 7.59 Å². The van der Waals surface area contributed by atoms with Crippen LogP contribution in [-0.2, 0) is 4.57 Å². The van der Waals surface area contributed by atoms with Crippen LogP contribution in [0.4, 0.5) is 17.1 Å². The second-order valence-electron chi connectivity index (χ2n) is 6.43. The first-order chi connectivity index (χ1) is 12.4. The second kappa shape index (κ2) is 7.36. The summed E-state index contributed by atoms with van der Waals surface area (Å²) >= 11 is 0. The van der Waals surface area contributed by atoms with Crippen LogP contribution < -0.4 is 15.3 Å². The summed E-state index contributed by atoms with van der Waals surface area (Å²) in [4.78, 5) is 0. The molecule has 4 nitrogen and oxygen atoms in total. The molecule has 0 aromatic heterocycles. The van der Waals surface area contributed by atoms with Crippen molar-refractivity contribution in [2.45, 2.75) is 20.8 Å². The first-order valence-electron chi connectivity index (χ1n) is 8.54. The SMILES string of the molecule is Cc1ccccc1NP(N)(=O)N(c1ccccc1C)c1ccccc1C. The minimum Gasteiger partial charge on any atom is -0.308 e. The van der Waals surface area contributed by atoms with Gasteiger partial charge in [0, 0.05) is 5.69 Å². The Kier molecular flexibility index (Phi) is 5.17. The average Bonchev–Trinajstić information content (AvgIpc) is 2.60. The van der Waals surface area contributed by atoms with Crippen LogP contribution in [0.3, 0.4) is 0 Å². The summed E-state index contributed by atoms with van der Waals surface area (Å²) in [5, 5.41) is 3.10. The van der Waals surface area contributed by atoms with E-state index in [0.29, 0.717) is 0 Å². The molecule has 0 fully saturated rings. The fourth-order valence-electron chi connectivity index (χ4n) is 2.97. The van der Waals surface area contributed by atoms with Gasteiger partial charge in [-0.3, -0.25) is 9.24 Å². The molecule has 5 heteroatoms. The standard InChI is InChI=1S/C21H24N3OP/c1-16-10-4-7-13-19(16)23-26(22,25)24(20-14-8-5-11-17(20)2)21-15-9-6-12-18(21)3/h4-15H,1-3H3,(H3,22,23,25). The van der Waals surface area contributed by atoms with Gasteiger partial charge in [0.15, 0.2) is 0 Å². The van der Waals surface area contributed by atoms with Crippen LogP contribution in [0.1, 0.15) is 16.7 Å². The summed E-state index contributed by atoms with van der Waals surface area (Å²) in [7, 11) is -3.47. The largest absolute Gasteiger partial charge is 0.332 e. The quantitative estimate of drug-likeness (QED) is 0.550. The van der Waals surface area contributed by atoms with Gasteiger partial charge in [-0.25, -0.2) is 5.50 Å². The predicted molar refractivity (Wildman–Crippen MR) is 111 cm³/mol. The normalized spacial score (nSPS) is 13.1. The van der Waals surface area contributed by atoms with Crippen molar-refractivity contribution >= 4 is 24.7 Å². The number of nitrogens with zero attached hydrogens (tertiary/aromatic N) is 1. The fraction of sp³-hybridized carbons (Fsp3) is 0.143. The van der Waals surface area contributed by atoms with Gasteiger partial charge in [-0.1, -0.05) is 54.6 Å². The molecule has 3 aromatic rings. The second-order valence-corrected chi connectivity index (χ2v) is 8.30. The maximum absolute atomic E-state index is 13.7. The van der Waals surface area contributed by atoms with Gasteiger partial charge in [-0.15, -0.1) is 0 Å². The molecule has 0 radical (unpaired) electrons. The van der Waals surface area contributed by atoms with Gasteiger partial charge in [0.2, 0.25) is 0 Å². The molecule has 0 aliphatic carbocycles. The maximum atomic E-state index is 13.7. The Morgan fingerprint density at radius 2 is 1.15 bits per heavy atom. The Morgan fingerprint density at radius 1 is 0.731 bits per heavy atom. The highest BCUT2D eigenvalue weighted by Crippen LogP contribution is 2.51. The smallest absolute Gasteiger partial charge is 0.308 e. The van der Waals surface area contributed by atoms with E-state index in [1.165, 1.54) is 0 Å². The molecule has 0 aliphatic heterocycles. The number of anilines is 3. The molecule has 3 rings (SSSR count). The van der Waals surface area contributed by atoms with E-state index >= 15 is 0 Å². The monoisotopic (exact) mass is 365 g/mol. The van der Waals surface area contributed by atoms with Crippen molar-refractivity contribution in [3.8, 4) is 0 Å².